The summed E-state index contributed by atoms with van der Waals surface area (Å²) in [5.41, 5.74) is 1.89. The van der Waals surface area contributed by atoms with Crippen LogP contribution in [-0.4, -0.2) is 23.2 Å². The summed E-state index contributed by atoms with van der Waals surface area (Å²) >= 11 is 0. The average molecular weight is 236 g/mol. The van der Waals surface area contributed by atoms with Crippen molar-refractivity contribution in [1.82, 2.24) is 4.98 Å². The summed E-state index contributed by atoms with van der Waals surface area (Å²) in [4.78, 5) is 6.64. The molecule has 17 heavy (non-hydrogen) atoms. The van der Waals surface area contributed by atoms with Gasteiger partial charge in [0.15, 0.2) is 0 Å². The Morgan fingerprint density at radius 3 is 2.41 bits per heavy atom. The third-order valence-electron chi connectivity index (χ3n) is 2.83. The molecule has 3 nitrogen and oxygen atoms in total. The van der Waals surface area contributed by atoms with Gasteiger partial charge < -0.3 is 10.0 Å². The first-order valence-electron chi connectivity index (χ1n) is 6.47. The van der Waals surface area contributed by atoms with Crippen LogP contribution in [0.4, 0.5) is 5.69 Å². The van der Waals surface area contributed by atoms with Crippen molar-refractivity contribution in [2.45, 2.75) is 40.2 Å². The maximum absolute atomic E-state index is 9.69. The zero-order chi connectivity index (χ0) is 12.8. The van der Waals surface area contributed by atoms with Crippen LogP contribution in [-0.2, 0) is 0 Å². The lowest BCUT2D eigenvalue weighted by molar-refractivity contribution is 0.169. The number of hydrogen-bond donors (Lipinski definition) is 1. The molecule has 0 unspecified atom stereocenters. The zero-order valence-electron chi connectivity index (χ0n) is 11.3. The Bertz CT molecular complexity index is 321. The Morgan fingerprint density at radius 1 is 1.29 bits per heavy atom. The number of nitrogens with zero attached hydrogens (tertiary/aromatic N) is 2. The van der Waals surface area contributed by atoms with Crippen molar-refractivity contribution in [1.29, 1.82) is 0 Å². The van der Waals surface area contributed by atoms with Crippen LogP contribution in [0.1, 0.15) is 45.9 Å². The van der Waals surface area contributed by atoms with Gasteiger partial charge in [-0.05, 0) is 31.4 Å². The van der Waals surface area contributed by atoms with Gasteiger partial charge in [0.05, 0.1) is 23.7 Å². The van der Waals surface area contributed by atoms with Gasteiger partial charge in [0.2, 0.25) is 0 Å². The van der Waals surface area contributed by atoms with Crippen LogP contribution in [0.25, 0.3) is 0 Å². The third kappa shape index (κ3) is 4.00. The van der Waals surface area contributed by atoms with Crippen LogP contribution in [0.15, 0.2) is 18.3 Å². The molecule has 1 rings (SSSR count). The number of aromatic nitrogens is 1. The van der Waals surface area contributed by atoms with Crippen molar-refractivity contribution in [3.05, 3.63) is 24.0 Å². The standard InChI is InChI=1S/C14H24N2O/c1-5-14(17)13-8-7-12(9-15-13)16(6-2)10-11(3)4/h7-9,11,14,17H,5-6,10H2,1-4H3/t14-/m1/s1. The minimum atomic E-state index is -0.441. The number of pyridine rings is 1. The van der Waals surface area contributed by atoms with Gasteiger partial charge in [0, 0.05) is 13.1 Å². The third-order valence-corrected chi connectivity index (χ3v) is 2.83. The number of aliphatic hydroxyl groups is 1. The molecule has 0 spiro atoms. The van der Waals surface area contributed by atoms with E-state index >= 15 is 0 Å². The van der Waals surface area contributed by atoms with Gasteiger partial charge in [0.1, 0.15) is 0 Å². The molecule has 1 heterocycles. The van der Waals surface area contributed by atoms with Crippen LogP contribution in [0.3, 0.4) is 0 Å². The number of hydrogen-bond acceptors (Lipinski definition) is 3. The van der Waals surface area contributed by atoms with Gasteiger partial charge in [-0.1, -0.05) is 20.8 Å². The quantitative estimate of drug-likeness (QED) is 0.825. The molecule has 0 aliphatic carbocycles. The molecule has 0 fully saturated rings. The van der Waals surface area contributed by atoms with Crippen molar-refractivity contribution in [2.24, 2.45) is 5.92 Å². The maximum Gasteiger partial charge on any atom is 0.0957 e. The highest BCUT2D eigenvalue weighted by atomic mass is 16.3. The van der Waals surface area contributed by atoms with E-state index in [4.69, 9.17) is 0 Å². The first-order valence-corrected chi connectivity index (χ1v) is 6.47. The van der Waals surface area contributed by atoms with E-state index in [9.17, 15) is 5.11 Å². The zero-order valence-corrected chi connectivity index (χ0v) is 11.3. The van der Waals surface area contributed by atoms with E-state index in [0.717, 1.165) is 24.5 Å². The minimum absolute atomic E-state index is 0.441. The molecule has 0 saturated heterocycles. The second-order valence-electron chi connectivity index (χ2n) is 4.80. The van der Waals surface area contributed by atoms with Crippen molar-refractivity contribution < 1.29 is 5.11 Å². The predicted octanol–water partition coefficient (Wildman–Crippen LogP) is 3.01. The van der Waals surface area contributed by atoms with Crippen molar-refractivity contribution in [2.75, 3.05) is 18.0 Å². The van der Waals surface area contributed by atoms with Gasteiger partial charge in [0.25, 0.3) is 0 Å². The van der Waals surface area contributed by atoms with E-state index in [1.165, 1.54) is 0 Å². The van der Waals surface area contributed by atoms with Gasteiger partial charge in [-0.3, -0.25) is 4.98 Å². The van der Waals surface area contributed by atoms with Crippen molar-refractivity contribution in [3.63, 3.8) is 0 Å². The highest BCUT2D eigenvalue weighted by Crippen LogP contribution is 2.19. The van der Waals surface area contributed by atoms with E-state index in [1.54, 1.807) is 0 Å². The van der Waals surface area contributed by atoms with E-state index in [2.05, 4.69) is 30.7 Å². The van der Waals surface area contributed by atoms with E-state index in [0.29, 0.717) is 12.3 Å². The van der Waals surface area contributed by atoms with Crippen LogP contribution < -0.4 is 4.90 Å². The number of aliphatic hydroxyl groups excluding tert-OH is 1. The predicted molar refractivity (Wildman–Crippen MR) is 72.2 cm³/mol. The Balaban J connectivity index is 2.77. The second-order valence-corrected chi connectivity index (χ2v) is 4.80. The molecule has 1 N–H and O–H groups in total. The SMILES string of the molecule is CC[C@@H](O)c1ccc(N(CC)CC(C)C)cn1. The molecule has 0 aliphatic heterocycles. The molecule has 0 amide bonds. The molecule has 0 aromatic carbocycles. The number of rotatable bonds is 6. The summed E-state index contributed by atoms with van der Waals surface area (Å²) in [6, 6.07) is 3.97. The minimum Gasteiger partial charge on any atom is -0.387 e. The molecular formula is C14H24N2O. The molecule has 3 heteroatoms. The fourth-order valence-electron chi connectivity index (χ4n) is 1.85. The molecule has 1 aromatic heterocycles. The van der Waals surface area contributed by atoms with E-state index in [-0.39, 0.29) is 0 Å². The molecule has 0 bridgehead atoms. The molecular weight excluding hydrogens is 212 g/mol. The first-order chi connectivity index (χ1) is 8.08. The Morgan fingerprint density at radius 2 is 2.00 bits per heavy atom. The van der Waals surface area contributed by atoms with Gasteiger partial charge in [-0.15, -0.1) is 0 Å². The van der Waals surface area contributed by atoms with E-state index in [1.807, 2.05) is 25.3 Å². The largest absolute Gasteiger partial charge is 0.387 e. The van der Waals surface area contributed by atoms with Crippen LogP contribution in [0.5, 0.6) is 0 Å². The molecule has 1 aromatic rings. The average Bonchev–Trinajstić information content (AvgIpc) is 2.35. The monoisotopic (exact) mass is 236 g/mol. The molecule has 0 radical (unpaired) electrons. The highest BCUT2D eigenvalue weighted by Gasteiger charge is 2.09. The van der Waals surface area contributed by atoms with E-state index < -0.39 is 6.10 Å². The fraction of sp³-hybridized carbons (Fsp3) is 0.643. The summed E-state index contributed by atoms with van der Waals surface area (Å²) in [7, 11) is 0. The topological polar surface area (TPSA) is 36.4 Å². The summed E-state index contributed by atoms with van der Waals surface area (Å²) in [5, 5.41) is 9.69. The highest BCUT2D eigenvalue weighted by molar-refractivity contribution is 5.44. The van der Waals surface area contributed by atoms with Gasteiger partial charge >= 0.3 is 0 Å². The Labute approximate surface area is 104 Å². The van der Waals surface area contributed by atoms with Crippen LogP contribution >= 0.6 is 0 Å². The normalized spacial score (nSPS) is 12.8. The first kappa shape index (κ1) is 14.0. The Kier molecular flexibility index (Phi) is 5.42. The number of anilines is 1. The lowest BCUT2D eigenvalue weighted by atomic mass is 10.1. The van der Waals surface area contributed by atoms with Crippen LogP contribution in [0, 0.1) is 5.92 Å². The van der Waals surface area contributed by atoms with Gasteiger partial charge in [-0.25, -0.2) is 0 Å². The van der Waals surface area contributed by atoms with Crippen molar-refractivity contribution >= 4 is 5.69 Å². The summed E-state index contributed by atoms with van der Waals surface area (Å²) < 4.78 is 0. The lowest BCUT2D eigenvalue weighted by Gasteiger charge is -2.25. The Hall–Kier alpha value is -1.09. The maximum atomic E-state index is 9.69. The smallest absolute Gasteiger partial charge is 0.0957 e. The summed E-state index contributed by atoms with van der Waals surface area (Å²) in [6.07, 6.45) is 2.12. The summed E-state index contributed by atoms with van der Waals surface area (Å²) in [5.74, 6) is 0.635. The molecule has 0 aliphatic rings. The molecule has 1 atom stereocenters. The van der Waals surface area contributed by atoms with Crippen molar-refractivity contribution in [3.8, 4) is 0 Å². The summed E-state index contributed by atoms with van der Waals surface area (Å²) in [6.45, 7) is 10.6. The van der Waals surface area contributed by atoms with Gasteiger partial charge in [-0.2, -0.15) is 0 Å². The van der Waals surface area contributed by atoms with Crippen LogP contribution in [0.2, 0.25) is 0 Å². The molecule has 96 valence electrons. The lowest BCUT2D eigenvalue weighted by Crippen LogP contribution is -2.27. The second kappa shape index (κ2) is 6.60. The molecule has 0 saturated carbocycles. The fourth-order valence-corrected chi connectivity index (χ4v) is 1.85.